The number of aryl methyl sites for hydroxylation is 1. The Labute approximate surface area is 84.5 Å². The number of ether oxygens (including phenoxy) is 1. The highest BCUT2D eigenvalue weighted by atomic mass is 16.5. The van der Waals surface area contributed by atoms with Gasteiger partial charge in [-0.1, -0.05) is 6.07 Å². The molecular weight excluding hydrogens is 176 g/mol. The number of phenolic OH excluding ortho intramolecular Hbond substituents is 1. The first kappa shape index (κ1) is 10.5. The third-order valence-corrected chi connectivity index (χ3v) is 1.88. The van der Waals surface area contributed by atoms with Crippen molar-refractivity contribution in [2.75, 3.05) is 6.61 Å². The molecule has 0 fully saturated rings. The maximum absolute atomic E-state index is 9.43. The molecule has 0 spiro atoms. The number of hydrogen-bond acceptors (Lipinski definition) is 2. The van der Waals surface area contributed by atoms with Crippen molar-refractivity contribution in [2.24, 2.45) is 0 Å². The van der Waals surface area contributed by atoms with E-state index in [0.717, 1.165) is 12.0 Å². The van der Waals surface area contributed by atoms with Crippen molar-refractivity contribution in [1.29, 1.82) is 0 Å². The summed E-state index contributed by atoms with van der Waals surface area (Å²) in [5, 5.41) is 9.43. The van der Waals surface area contributed by atoms with Crippen LogP contribution in [0, 0.1) is 12.3 Å². The van der Waals surface area contributed by atoms with Gasteiger partial charge in [0.15, 0.2) is 11.5 Å². The largest absolute Gasteiger partial charge is 0.504 e. The van der Waals surface area contributed by atoms with Gasteiger partial charge in [-0.2, -0.15) is 0 Å². The van der Waals surface area contributed by atoms with Crippen LogP contribution in [0.3, 0.4) is 0 Å². The topological polar surface area (TPSA) is 29.5 Å². The Bertz CT molecular complexity index is 337. The van der Waals surface area contributed by atoms with Gasteiger partial charge in [0.05, 0.1) is 6.61 Å². The van der Waals surface area contributed by atoms with Gasteiger partial charge in [0.1, 0.15) is 0 Å². The first-order valence-electron chi connectivity index (χ1n) is 4.66. The van der Waals surface area contributed by atoms with Crippen LogP contribution in [0.5, 0.6) is 11.5 Å². The van der Waals surface area contributed by atoms with Crippen LogP contribution in [-0.4, -0.2) is 11.7 Å². The fraction of sp³-hybridized carbons (Fsp3) is 0.333. The van der Waals surface area contributed by atoms with E-state index in [1.807, 2.05) is 19.1 Å². The standard InChI is InChI=1S/C12H14O2/c1-3-5-6-10-7-8-11(13)12(9-10)14-4-2/h1,7-9,13H,4-6H2,2H3. The summed E-state index contributed by atoms with van der Waals surface area (Å²) >= 11 is 0. The van der Waals surface area contributed by atoms with Crippen molar-refractivity contribution in [2.45, 2.75) is 19.8 Å². The average molecular weight is 190 g/mol. The van der Waals surface area contributed by atoms with Gasteiger partial charge in [0, 0.05) is 6.42 Å². The quantitative estimate of drug-likeness (QED) is 0.738. The first-order valence-corrected chi connectivity index (χ1v) is 4.66. The fourth-order valence-corrected chi connectivity index (χ4v) is 1.20. The van der Waals surface area contributed by atoms with Crippen molar-refractivity contribution < 1.29 is 9.84 Å². The minimum atomic E-state index is 0.177. The van der Waals surface area contributed by atoms with Crippen molar-refractivity contribution in [3.63, 3.8) is 0 Å². The van der Waals surface area contributed by atoms with Crippen LogP contribution in [0.4, 0.5) is 0 Å². The predicted molar refractivity (Wildman–Crippen MR) is 56.4 cm³/mol. The van der Waals surface area contributed by atoms with Crippen LogP contribution in [0.1, 0.15) is 18.9 Å². The molecule has 0 amide bonds. The van der Waals surface area contributed by atoms with Crippen molar-refractivity contribution in [3.8, 4) is 23.8 Å². The van der Waals surface area contributed by atoms with E-state index in [9.17, 15) is 5.11 Å². The Balaban J connectivity index is 2.78. The van der Waals surface area contributed by atoms with E-state index in [1.165, 1.54) is 0 Å². The first-order chi connectivity index (χ1) is 6.77. The molecule has 2 nitrogen and oxygen atoms in total. The lowest BCUT2D eigenvalue weighted by Gasteiger charge is -2.07. The second-order valence-electron chi connectivity index (χ2n) is 2.94. The summed E-state index contributed by atoms with van der Waals surface area (Å²) in [5.41, 5.74) is 1.09. The molecule has 0 aliphatic carbocycles. The zero-order valence-electron chi connectivity index (χ0n) is 8.29. The molecule has 0 heterocycles. The highest BCUT2D eigenvalue weighted by molar-refractivity contribution is 5.41. The van der Waals surface area contributed by atoms with Crippen molar-refractivity contribution in [3.05, 3.63) is 23.8 Å². The van der Waals surface area contributed by atoms with Crippen LogP contribution in [0.15, 0.2) is 18.2 Å². The van der Waals surface area contributed by atoms with Gasteiger partial charge in [0.2, 0.25) is 0 Å². The summed E-state index contributed by atoms with van der Waals surface area (Å²) in [6, 6.07) is 5.32. The van der Waals surface area contributed by atoms with Crippen LogP contribution in [-0.2, 0) is 6.42 Å². The lowest BCUT2D eigenvalue weighted by Crippen LogP contribution is -1.93. The number of phenols is 1. The van der Waals surface area contributed by atoms with E-state index in [2.05, 4.69) is 5.92 Å². The SMILES string of the molecule is C#CCCc1ccc(O)c(OCC)c1. The number of aromatic hydroxyl groups is 1. The van der Waals surface area contributed by atoms with Gasteiger partial charge in [-0.3, -0.25) is 0 Å². The molecule has 0 saturated heterocycles. The van der Waals surface area contributed by atoms with Crippen LogP contribution >= 0.6 is 0 Å². The van der Waals surface area contributed by atoms with E-state index >= 15 is 0 Å². The lowest BCUT2D eigenvalue weighted by molar-refractivity contribution is 0.318. The summed E-state index contributed by atoms with van der Waals surface area (Å²) in [7, 11) is 0. The number of hydrogen-bond donors (Lipinski definition) is 1. The maximum atomic E-state index is 9.43. The van der Waals surface area contributed by atoms with Gasteiger partial charge in [-0.25, -0.2) is 0 Å². The zero-order valence-corrected chi connectivity index (χ0v) is 8.29. The van der Waals surface area contributed by atoms with Gasteiger partial charge >= 0.3 is 0 Å². The second kappa shape index (κ2) is 5.18. The summed E-state index contributed by atoms with van der Waals surface area (Å²) in [6.07, 6.45) is 6.69. The Morgan fingerprint density at radius 1 is 1.50 bits per heavy atom. The van der Waals surface area contributed by atoms with E-state index in [4.69, 9.17) is 11.2 Å². The number of terminal acetylenes is 1. The third kappa shape index (κ3) is 2.70. The molecule has 2 heteroatoms. The van der Waals surface area contributed by atoms with Crippen LogP contribution < -0.4 is 4.74 Å². The Morgan fingerprint density at radius 2 is 2.29 bits per heavy atom. The Kier molecular flexibility index (Phi) is 3.87. The van der Waals surface area contributed by atoms with E-state index in [1.54, 1.807) is 6.07 Å². The molecule has 0 atom stereocenters. The molecule has 0 radical (unpaired) electrons. The molecule has 0 aliphatic heterocycles. The molecule has 1 rings (SSSR count). The summed E-state index contributed by atoms with van der Waals surface area (Å²) < 4.78 is 5.26. The number of benzene rings is 1. The summed E-state index contributed by atoms with van der Waals surface area (Å²) in [4.78, 5) is 0. The predicted octanol–water partition coefficient (Wildman–Crippen LogP) is 2.36. The highest BCUT2D eigenvalue weighted by Gasteiger charge is 2.02. The van der Waals surface area contributed by atoms with Gasteiger partial charge in [0.25, 0.3) is 0 Å². The molecule has 74 valence electrons. The summed E-state index contributed by atoms with van der Waals surface area (Å²) in [5.74, 6) is 3.29. The smallest absolute Gasteiger partial charge is 0.161 e. The minimum absolute atomic E-state index is 0.177. The fourth-order valence-electron chi connectivity index (χ4n) is 1.20. The molecular formula is C12H14O2. The lowest BCUT2D eigenvalue weighted by atomic mass is 10.1. The molecule has 0 aliphatic rings. The van der Waals surface area contributed by atoms with Crippen molar-refractivity contribution in [1.82, 2.24) is 0 Å². The Morgan fingerprint density at radius 3 is 2.93 bits per heavy atom. The van der Waals surface area contributed by atoms with Crippen LogP contribution in [0.25, 0.3) is 0 Å². The van der Waals surface area contributed by atoms with E-state index < -0.39 is 0 Å². The van der Waals surface area contributed by atoms with Crippen LogP contribution in [0.2, 0.25) is 0 Å². The molecule has 0 unspecified atom stereocenters. The zero-order chi connectivity index (χ0) is 10.4. The Hall–Kier alpha value is -1.62. The summed E-state index contributed by atoms with van der Waals surface area (Å²) in [6.45, 7) is 2.43. The van der Waals surface area contributed by atoms with Gasteiger partial charge in [-0.05, 0) is 31.0 Å². The maximum Gasteiger partial charge on any atom is 0.161 e. The molecule has 1 N–H and O–H groups in total. The molecule has 0 saturated carbocycles. The molecule has 14 heavy (non-hydrogen) atoms. The minimum Gasteiger partial charge on any atom is -0.504 e. The monoisotopic (exact) mass is 190 g/mol. The normalized spacial score (nSPS) is 9.43. The third-order valence-electron chi connectivity index (χ3n) is 1.88. The second-order valence-corrected chi connectivity index (χ2v) is 2.94. The van der Waals surface area contributed by atoms with Gasteiger partial charge in [-0.15, -0.1) is 12.3 Å². The highest BCUT2D eigenvalue weighted by Crippen LogP contribution is 2.27. The molecule has 1 aromatic carbocycles. The van der Waals surface area contributed by atoms with E-state index in [-0.39, 0.29) is 5.75 Å². The molecule has 1 aromatic rings. The van der Waals surface area contributed by atoms with Crippen molar-refractivity contribution >= 4 is 0 Å². The number of rotatable bonds is 4. The molecule has 0 aromatic heterocycles. The van der Waals surface area contributed by atoms with E-state index in [0.29, 0.717) is 18.8 Å². The average Bonchev–Trinajstić information content (AvgIpc) is 2.19. The molecule has 0 bridgehead atoms. The van der Waals surface area contributed by atoms with Gasteiger partial charge < -0.3 is 9.84 Å².